The van der Waals surface area contributed by atoms with Crippen molar-refractivity contribution >= 4 is 22.8 Å². The third kappa shape index (κ3) is 3.02. The lowest BCUT2D eigenvalue weighted by Crippen LogP contribution is -2.45. The third-order valence-corrected chi connectivity index (χ3v) is 6.07. The van der Waals surface area contributed by atoms with E-state index in [2.05, 4.69) is 19.9 Å². The highest BCUT2D eigenvalue weighted by Gasteiger charge is 2.38. The number of fused-ring (bicyclic) bond motifs is 4. The summed E-state index contributed by atoms with van der Waals surface area (Å²) in [6, 6.07) is 2.06. The van der Waals surface area contributed by atoms with E-state index in [1.807, 2.05) is 11.8 Å². The average Bonchev–Trinajstić information content (AvgIpc) is 2.92. The van der Waals surface area contributed by atoms with Crippen molar-refractivity contribution in [2.45, 2.75) is 33.2 Å². The summed E-state index contributed by atoms with van der Waals surface area (Å²) in [6.45, 7) is 7.98. The predicted molar refractivity (Wildman–Crippen MR) is 102 cm³/mol. The summed E-state index contributed by atoms with van der Waals surface area (Å²) in [6.07, 6.45) is 2.00. The minimum Gasteiger partial charge on any atom is -0.464 e. The first-order chi connectivity index (χ1) is 12.9. The number of ether oxygens (including phenoxy) is 1. The Hall–Kier alpha value is -2.34. The maximum absolute atomic E-state index is 13.1. The summed E-state index contributed by atoms with van der Waals surface area (Å²) in [4.78, 5) is 29.1. The van der Waals surface area contributed by atoms with Gasteiger partial charge in [0, 0.05) is 31.1 Å². The van der Waals surface area contributed by atoms with Crippen LogP contribution < -0.4 is 0 Å². The maximum atomic E-state index is 13.1. The van der Waals surface area contributed by atoms with Crippen LogP contribution in [-0.4, -0.2) is 61.0 Å². The van der Waals surface area contributed by atoms with Gasteiger partial charge in [0.15, 0.2) is 0 Å². The molecule has 0 spiro atoms. The van der Waals surface area contributed by atoms with Crippen molar-refractivity contribution in [1.29, 1.82) is 0 Å². The van der Waals surface area contributed by atoms with Crippen LogP contribution in [-0.2, 0) is 20.7 Å². The molecule has 2 saturated heterocycles. The number of furan rings is 1. The molecule has 0 saturated carbocycles. The van der Waals surface area contributed by atoms with E-state index in [4.69, 9.17) is 9.15 Å². The first-order valence-corrected chi connectivity index (χ1v) is 9.46. The fourth-order valence-corrected chi connectivity index (χ4v) is 4.29. The van der Waals surface area contributed by atoms with Gasteiger partial charge >= 0.3 is 0 Å². The van der Waals surface area contributed by atoms with Gasteiger partial charge in [0.25, 0.3) is 0 Å². The average molecular weight is 370 g/mol. The van der Waals surface area contributed by atoms with E-state index in [9.17, 15) is 9.59 Å². The number of aryl methyl sites for hydroxylation is 3. The molecule has 144 valence electrons. The molecule has 6 heteroatoms. The predicted octanol–water partition coefficient (Wildman–Crippen LogP) is 2.22. The maximum Gasteiger partial charge on any atom is 0.229 e. The molecule has 2 aliphatic heterocycles. The summed E-state index contributed by atoms with van der Waals surface area (Å²) in [7, 11) is 1.81. The Morgan fingerprint density at radius 3 is 2.74 bits per heavy atom. The number of rotatable bonds is 2. The zero-order valence-corrected chi connectivity index (χ0v) is 16.4. The first kappa shape index (κ1) is 18.0. The zero-order chi connectivity index (χ0) is 19.3. The highest BCUT2D eigenvalue weighted by Crippen LogP contribution is 2.31. The van der Waals surface area contributed by atoms with Crippen molar-refractivity contribution in [3.63, 3.8) is 0 Å². The normalized spacial score (nSPS) is 23.0. The topological polar surface area (TPSA) is 63.0 Å². The van der Waals surface area contributed by atoms with Gasteiger partial charge in [-0.2, -0.15) is 0 Å². The Labute approximate surface area is 159 Å². The van der Waals surface area contributed by atoms with Crippen molar-refractivity contribution in [3.8, 4) is 0 Å². The van der Waals surface area contributed by atoms with Gasteiger partial charge in [-0.05, 0) is 37.5 Å². The highest BCUT2D eigenvalue weighted by atomic mass is 16.5. The van der Waals surface area contributed by atoms with E-state index in [1.54, 1.807) is 18.2 Å². The van der Waals surface area contributed by atoms with Crippen molar-refractivity contribution in [2.75, 3.05) is 33.4 Å². The second-order valence-corrected chi connectivity index (χ2v) is 7.91. The van der Waals surface area contributed by atoms with Crippen LogP contribution in [0.2, 0.25) is 0 Å². The van der Waals surface area contributed by atoms with Crippen LogP contribution >= 0.6 is 0 Å². The van der Waals surface area contributed by atoms with E-state index < -0.39 is 0 Å². The summed E-state index contributed by atoms with van der Waals surface area (Å²) in [5.41, 5.74) is 5.21. The Balaban J connectivity index is 1.61. The van der Waals surface area contributed by atoms with E-state index in [0.717, 1.165) is 27.7 Å². The Bertz CT molecular complexity index is 917. The van der Waals surface area contributed by atoms with E-state index in [0.29, 0.717) is 26.3 Å². The number of likely N-dealkylation sites (N-methyl/N-ethyl adjacent to an activating group) is 1. The van der Waals surface area contributed by atoms with E-state index in [1.165, 1.54) is 5.56 Å². The molecule has 27 heavy (non-hydrogen) atoms. The molecule has 0 N–H and O–H groups in total. The molecule has 1 aromatic carbocycles. The fraction of sp³-hybridized carbons (Fsp3) is 0.524. The number of benzene rings is 1. The number of hydrogen-bond acceptors (Lipinski definition) is 4. The van der Waals surface area contributed by atoms with Crippen LogP contribution in [0.25, 0.3) is 11.0 Å². The minimum absolute atomic E-state index is 0.0373. The number of carbonyl (C=O) groups excluding carboxylic acids is 2. The lowest BCUT2D eigenvalue weighted by Gasteiger charge is -2.29. The molecule has 0 unspecified atom stereocenters. The summed E-state index contributed by atoms with van der Waals surface area (Å²) >= 11 is 0. The molecule has 0 radical (unpaired) electrons. The lowest BCUT2D eigenvalue weighted by atomic mass is 9.98. The van der Waals surface area contributed by atoms with Gasteiger partial charge in [-0.1, -0.05) is 6.07 Å². The second-order valence-electron chi connectivity index (χ2n) is 7.91. The molecule has 1 aromatic heterocycles. The molecule has 2 bridgehead atoms. The van der Waals surface area contributed by atoms with Crippen molar-refractivity contribution in [3.05, 3.63) is 34.6 Å². The first-order valence-electron chi connectivity index (χ1n) is 9.46. The van der Waals surface area contributed by atoms with Crippen LogP contribution in [0.1, 0.15) is 22.3 Å². The number of carbonyl (C=O) groups is 2. The molecule has 2 amide bonds. The van der Waals surface area contributed by atoms with Gasteiger partial charge in [0.05, 0.1) is 37.9 Å². The van der Waals surface area contributed by atoms with Crippen LogP contribution in [0.15, 0.2) is 16.7 Å². The van der Waals surface area contributed by atoms with Gasteiger partial charge < -0.3 is 19.0 Å². The van der Waals surface area contributed by atoms with Crippen LogP contribution in [0.5, 0.6) is 0 Å². The molecule has 3 heterocycles. The number of hydrogen-bond donors (Lipinski definition) is 0. The highest BCUT2D eigenvalue weighted by molar-refractivity contribution is 5.92. The molecule has 4 rings (SSSR count). The summed E-state index contributed by atoms with van der Waals surface area (Å²) in [5, 5.41) is 1.04. The molecular weight excluding hydrogens is 344 g/mol. The minimum atomic E-state index is -0.279. The Morgan fingerprint density at radius 1 is 1.19 bits per heavy atom. The number of amides is 2. The van der Waals surface area contributed by atoms with Crippen LogP contribution in [0, 0.1) is 26.7 Å². The van der Waals surface area contributed by atoms with Gasteiger partial charge in [-0.25, -0.2) is 0 Å². The largest absolute Gasteiger partial charge is 0.464 e. The van der Waals surface area contributed by atoms with Crippen LogP contribution in [0.4, 0.5) is 0 Å². The quantitative estimate of drug-likeness (QED) is 0.813. The van der Waals surface area contributed by atoms with Gasteiger partial charge in [-0.15, -0.1) is 0 Å². The van der Waals surface area contributed by atoms with Crippen molar-refractivity contribution in [2.24, 2.45) is 5.92 Å². The standard InChI is InChI=1S/C21H26N2O4/c1-12-5-13(2)19-15(10-27-20(19)14(12)3)6-18(24)23-7-16-9-26-11-17(8-23)22(4)21(16)25/h5,10,16-17H,6-9,11H2,1-4H3/t16-,17+/m1/s1. The zero-order valence-electron chi connectivity index (χ0n) is 16.4. The fourth-order valence-electron chi connectivity index (χ4n) is 4.29. The molecular formula is C21H26N2O4. The number of nitrogens with zero attached hydrogens (tertiary/aromatic N) is 2. The van der Waals surface area contributed by atoms with Gasteiger partial charge in [0.2, 0.25) is 11.8 Å². The molecule has 2 atom stereocenters. The molecule has 2 aromatic rings. The van der Waals surface area contributed by atoms with Gasteiger partial charge in [0.1, 0.15) is 5.58 Å². The third-order valence-electron chi connectivity index (χ3n) is 6.07. The monoisotopic (exact) mass is 370 g/mol. The van der Waals surface area contributed by atoms with Gasteiger partial charge in [-0.3, -0.25) is 9.59 Å². The second kappa shape index (κ2) is 6.68. The Kier molecular flexibility index (Phi) is 4.46. The van der Waals surface area contributed by atoms with E-state index >= 15 is 0 Å². The molecule has 2 fully saturated rings. The SMILES string of the molecule is Cc1cc(C)c2c(CC(=O)N3C[C@@H]4COC[C@H](C3)N(C)C4=O)coc2c1C. The van der Waals surface area contributed by atoms with Crippen molar-refractivity contribution < 1.29 is 18.7 Å². The van der Waals surface area contributed by atoms with Crippen molar-refractivity contribution in [1.82, 2.24) is 9.80 Å². The summed E-state index contributed by atoms with van der Waals surface area (Å²) in [5.74, 6) is -0.169. The lowest BCUT2D eigenvalue weighted by molar-refractivity contribution is -0.134. The molecule has 0 aliphatic carbocycles. The Morgan fingerprint density at radius 2 is 1.96 bits per heavy atom. The van der Waals surface area contributed by atoms with E-state index in [-0.39, 0.29) is 30.2 Å². The smallest absolute Gasteiger partial charge is 0.229 e. The summed E-state index contributed by atoms with van der Waals surface area (Å²) < 4.78 is 11.4. The molecule has 2 aliphatic rings. The van der Waals surface area contributed by atoms with Crippen LogP contribution in [0.3, 0.4) is 0 Å². The molecule has 6 nitrogen and oxygen atoms in total.